The molecule has 0 saturated heterocycles. The summed E-state index contributed by atoms with van der Waals surface area (Å²) in [6, 6.07) is 6.77. The molecule has 1 atom stereocenters. The third-order valence-electron chi connectivity index (χ3n) is 5.63. The highest BCUT2D eigenvalue weighted by Crippen LogP contribution is 2.43. The van der Waals surface area contributed by atoms with Gasteiger partial charge in [0.1, 0.15) is 0 Å². The van der Waals surface area contributed by atoms with Crippen LogP contribution in [-0.2, 0) is 5.41 Å². The van der Waals surface area contributed by atoms with Gasteiger partial charge in [-0.25, -0.2) is 0 Å². The van der Waals surface area contributed by atoms with Crippen molar-refractivity contribution in [3.05, 3.63) is 77.1 Å². The molecule has 1 aromatic carbocycles. The molecule has 0 heterocycles. The minimum atomic E-state index is -0.0547. The molecular weight excluding hydrogens is 314 g/mol. The van der Waals surface area contributed by atoms with Gasteiger partial charge in [-0.2, -0.15) is 0 Å². The molecule has 2 aliphatic carbocycles. The fraction of sp³-hybridized carbons (Fsp3) is 0.440. The number of aryl methyl sites for hydroxylation is 1. The fourth-order valence-corrected chi connectivity index (χ4v) is 4.41. The van der Waals surface area contributed by atoms with Crippen LogP contribution in [0.1, 0.15) is 65.0 Å². The van der Waals surface area contributed by atoms with E-state index in [2.05, 4.69) is 101 Å². The van der Waals surface area contributed by atoms with E-state index in [9.17, 15) is 0 Å². The van der Waals surface area contributed by atoms with E-state index >= 15 is 0 Å². The summed E-state index contributed by atoms with van der Waals surface area (Å²) in [7, 11) is 0. The number of anilines is 1. The summed E-state index contributed by atoms with van der Waals surface area (Å²) in [4.78, 5) is 2.60. The Morgan fingerprint density at radius 1 is 1.04 bits per heavy atom. The molecule has 26 heavy (non-hydrogen) atoms. The summed E-state index contributed by atoms with van der Waals surface area (Å²) in [5, 5.41) is 0. The Bertz CT molecular complexity index is 798. The van der Waals surface area contributed by atoms with Gasteiger partial charge >= 0.3 is 0 Å². The molecule has 0 spiro atoms. The lowest BCUT2D eigenvalue weighted by molar-refractivity contribution is 0.535. The SMILES string of the molecule is CC1=C(N(c2cccc(C)c2C(C)(C)C)C2(C)C=CC=CC2)C=CCC1. The minimum Gasteiger partial charge on any atom is -0.332 e. The maximum Gasteiger partial charge on any atom is 0.0642 e. The van der Waals surface area contributed by atoms with Gasteiger partial charge in [-0.3, -0.25) is 0 Å². The van der Waals surface area contributed by atoms with Crippen LogP contribution in [0.4, 0.5) is 5.69 Å². The topological polar surface area (TPSA) is 3.24 Å². The number of hydrogen-bond donors (Lipinski definition) is 0. The van der Waals surface area contributed by atoms with Gasteiger partial charge in [0.05, 0.1) is 5.54 Å². The molecule has 0 fully saturated rings. The van der Waals surface area contributed by atoms with Gasteiger partial charge in [0, 0.05) is 11.4 Å². The van der Waals surface area contributed by atoms with Crippen LogP contribution in [0.15, 0.2) is 65.9 Å². The Hall–Kier alpha value is -2.02. The normalized spacial score (nSPS) is 22.8. The molecule has 1 unspecified atom stereocenters. The van der Waals surface area contributed by atoms with E-state index < -0.39 is 0 Å². The van der Waals surface area contributed by atoms with Gasteiger partial charge < -0.3 is 4.90 Å². The Kier molecular flexibility index (Phi) is 5.01. The molecule has 0 saturated carbocycles. The van der Waals surface area contributed by atoms with E-state index in [-0.39, 0.29) is 11.0 Å². The van der Waals surface area contributed by atoms with Crippen molar-refractivity contribution in [3.8, 4) is 0 Å². The van der Waals surface area contributed by atoms with Crippen LogP contribution in [0, 0.1) is 6.92 Å². The fourth-order valence-electron chi connectivity index (χ4n) is 4.41. The monoisotopic (exact) mass is 347 g/mol. The number of hydrogen-bond acceptors (Lipinski definition) is 1. The van der Waals surface area contributed by atoms with Crippen molar-refractivity contribution in [2.75, 3.05) is 4.90 Å². The Balaban J connectivity index is 2.27. The quantitative estimate of drug-likeness (QED) is 0.569. The molecule has 0 N–H and O–H groups in total. The molecule has 1 heteroatoms. The number of benzene rings is 1. The zero-order valence-corrected chi connectivity index (χ0v) is 17.3. The van der Waals surface area contributed by atoms with Crippen LogP contribution in [-0.4, -0.2) is 5.54 Å². The summed E-state index contributed by atoms with van der Waals surface area (Å²) >= 11 is 0. The Labute approximate surface area is 159 Å². The summed E-state index contributed by atoms with van der Waals surface area (Å²) < 4.78 is 0. The van der Waals surface area contributed by atoms with E-state index in [1.807, 2.05) is 0 Å². The number of rotatable bonds is 3. The van der Waals surface area contributed by atoms with Gasteiger partial charge in [0.2, 0.25) is 0 Å². The maximum absolute atomic E-state index is 2.60. The first-order chi connectivity index (χ1) is 12.2. The van der Waals surface area contributed by atoms with Crippen LogP contribution in [0.2, 0.25) is 0 Å². The average Bonchev–Trinajstić information content (AvgIpc) is 2.56. The van der Waals surface area contributed by atoms with Gasteiger partial charge in [-0.1, -0.05) is 63.3 Å². The molecule has 2 aliphatic rings. The highest BCUT2D eigenvalue weighted by Gasteiger charge is 2.35. The lowest BCUT2D eigenvalue weighted by atomic mass is 9.80. The molecule has 0 amide bonds. The second kappa shape index (κ2) is 6.95. The van der Waals surface area contributed by atoms with Gasteiger partial charge in [-0.15, -0.1) is 0 Å². The third-order valence-corrected chi connectivity index (χ3v) is 5.63. The molecule has 0 aliphatic heterocycles. The van der Waals surface area contributed by atoms with Gasteiger partial charge in [0.15, 0.2) is 0 Å². The van der Waals surface area contributed by atoms with Crippen LogP contribution >= 0.6 is 0 Å². The molecule has 1 nitrogen and oxygen atoms in total. The highest BCUT2D eigenvalue weighted by molar-refractivity contribution is 5.68. The molecule has 138 valence electrons. The smallest absolute Gasteiger partial charge is 0.0642 e. The van der Waals surface area contributed by atoms with E-state index in [0.717, 1.165) is 19.3 Å². The van der Waals surface area contributed by atoms with Crippen molar-refractivity contribution in [3.63, 3.8) is 0 Å². The predicted octanol–water partition coefficient (Wildman–Crippen LogP) is 7.00. The zero-order chi connectivity index (χ0) is 18.9. The molecule has 0 radical (unpaired) electrons. The molecule has 3 rings (SSSR count). The first kappa shape index (κ1) is 18.8. The summed E-state index contributed by atoms with van der Waals surface area (Å²) in [6.07, 6.45) is 17.0. The third kappa shape index (κ3) is 3.45. The lowest BCUT2D eigenvalue weighted by Crippen LogP contribution is -2.46. The minimum absolute atomic E-state index is 0.0547. The first-order valence-corrected chi connectivity index (χ1v) is 9.85. The molecule has 0 bridgehead atoms. The maximum atomic E-state index is 2.60. The molecular formula is C25H33N. The lowest BCUT2D eigenvalue weighted by Gasteiger charge is -2.46. The van der Waals surface area contributed by atoms with Gasteiger partial charge in [-0.05, 0) is 74.3 Å². The second-order valence-electron chi connectivity index (χ2n) is 9.01. The van der Waals surface area contributed by atoms with E-state index in [1.165, 1.54) is 28.1 Å². The van der Waals surface area contributed by atoms with Crippen LogP contribution in [0.25, 0.3) is 0 Å². The molecule has 1 aromatic rings. The second-order valence-corrected chi connectivity index (χ2v) is 9.01. The van der Waals surface area contributed by atoms with Crippen molar-refractivity contribution in [1.82, 2.24) is 0 Å². The van der Waals surface area contributed by atoms with Crippen molar-refractivity contribution >= 4 is 5.69 Å². The van der Waals surface area contributed by atoms with Crippen LogP contribution in [0.3, 0.4) is 0 Å². The average molecular weight is 348 g/mol. The van der Waals surface area contributed by atoms with Crippen LogP contribution in [0.5, 0.6) is 0 Å². The highest BCUT2D eigenvalue weighted by atomic mass is 15.2. The predicted molar refractivity (Wildman–Crippen MR) is 115 cm³/mol. The summed E-state index contributed by atoms with van der Waals surface area (Å²) in [5.74, 6) is 0. The number of allylic oxidation sites excluding steroid dienone is 5. The van der Waals surface area contributed by atoms with Gasteiger partial charge in [0.25, 0.3) is 0 Å². The van der Waals surface area contributed by atoms with E-state index in [0.29, 0.717) is 0 Å². The van der Waals surface area contributed by atoms with E-state index in [4.69, 9.17) is 0 Å². The first-order valence-electron chi connectivity index (χ1n) is 9.85. The Morgan fingerprint density at radius 3 is 2.42 bits per heavy atom. The van der Waals surface area contributed by atoms with E-state index in [1.54, 1.807) is 0 Å². The van der Waals surface area contributed by atoms with Crippen LogP contribution < -0.4 is 4.90 Å². The molecule has 0 aromatic heterocycles. The summed E-state index contributed by atoms with van der Waals surface area (Å²) in [5.41, 5.74) is 7.06. The zero-order valence-electron chi connectivity index (χ0n) is 17.3. The largest absolute Gasteiger partial charge is 0.332 e. The van der Waals surface area contributed by atoms with Crippen molar-refractivity contribution in [2.45, 2.75) is 71.8 Å². The summed E-state index contributed by atoms with van der Waals surface area (Å²) in [6.45, 7) is 13.9. The van der Waals surface area contributed by atoms with Crippen molar-refractivity contribution < 1.29 is 0 Å². The standard InChI is InChI=1S/C25H33N/c1-19-13-8-9-15-21(19)26(25(6)17-10-7-11-18-25)22-16-12-14-20(2)23(22)24(3,4)5/h7,9-12,14-17H,8,13,18H2,1-6H3. The Morgan fingerprint density at radius 2 is 1.81 bits per heavy atom. The van der Waals surface area contributed by atoms with Crippen molar-refractivity contribution in [2.24, 2.45) is 0 Å². The van der Waals surface area contributed by atoms with Crippen molar-refractivity contribution in [1.29, 1.82) is 0 Å². The number of nitrogens with zero attached hydrogens (tertiary/aromatic N) is 1.